The van der Waals surface area contributed by atoms with Crippen LogP contribution in [0.5, 0.6) is 0 Å². The first-order valence-electron chi connectivity index (χ1n) is 5.47. The predicted molar refractivity (Wildman–Crippen MR) is 62.3 cm³/mol. The first-order valence-corrected chi connectivity index (χ1v) is 6.68. The monoisotopic (exact) mass is 268 g/mol. The summed E-state index contributed by atoms with van der Waals surface area (Å²) in [5.41, 5.74) is 10.5. The van der Waals surface area contributed by atoms with Crippen LogP contribution in [0.1, 0.15) is 12.8 Å². The maximum atomic E-state index is 5.80. The van der Waals surface area contributed by atoms with Gasteiger partial charge in [0.2, 0.25) is 0 Å². The summed E-state index contributed by atoms with van der Waals surface area (Å²) in [6.45, 7) is 2.00. The Balaban J connectivity index is 1.74. The Morgan fingerprint density at radius 3 is 2.73 bits per heavy atom. The molecule has 5 heteroatoms. The number of likely N-dealkylation sites (tertiary alicyclic amines) is 1. The van der Waals surface area contributed by atoms with Crippen molar-refractivity contribution in [1.29, 1.82) is 0 Å². The third kappa shape index (κ3) is 1.88. The van der Waals surface area contributed by atoms with Gasteiger partial charge in [0.15, 0.2) is 0 Å². The number of hydrogen-bond acceptors (Lipinski definition) is 4. The minimum atomic E-state index is 0.370. The molecule has 1 aliphatic carbocycles. The zero-order valence-corrected chi connectivity index (χ0v) is 11.1. The van der Waals surface area contributed by atoms with Crippen molar-refractivity contribution in [2.75, 3.05) is 13.1 Å². The van der Waals surface area contributed by atoms with Crippen molar-refractivity contribution in [1.82, 2.24) is 15.3 Å². The first kappa shape index (κ1) is 9.61. The van der Waals surface area contributed by atoms with E-state index in [4.69, 9.17) is 5.73 Å². The molecule has 2 fully saturated rings. The Kier molecular flexibility index (Phi) is 2.22. The standard InChI is InChI=1S/C10H17AsN4/c11-10-3-9(14-4-7(12)5-14)6-15(13-10)8-1-2-8/h3,6-8,13H,1-2,4-5,11-12H2. The van der Waals surface area contributed by atoms with Crippen LogP contribution in [0, 0.1) is 0 Å². The average molecular weight is 268 g/mol. The quantitative estimate of drug-likeness (QED) is 0.626. The van der Waals surface area contributed by atoms with Crippen LogP contribution < -0.4 is 11.2 Å². The summed E-state index contributed by atoms with van der Waals surface area (Å²) in [6.07, 6.45) is 7.09. The molecule has 3 rings (SSSR count). The molecular formula is C10H17AsN4. The van der Waals surface area contributed by atoms with Gasteiger partial charge >= 0.3 is 98.4 Å². The molecule has 0 aromatic heterocycles. The number of hydrogen-bond donors (Lipinski definition) is 2. The summed E-state index contributed by atoms with van der Waals surface area (Å²) in [5, 5.41) is 2.26. The second-order valence-electron chi connectivity index (χ2n) is 4.57. The van der Waals surface area contributed by atoms with E-state index in [1.807, 2.05) is 0 Å². The molecule has 0 bridgehead atoms. The summed E-state index contributed by atoms with van der Waals surface area (Å²) in [6, 6.07) is 1.09. The third-order valence-corrected chi connectivity index (χ3v) is 3.67. The number of hydrazine groups is 1. The van der Waals surface area contributed by atoms with E-state index in [0.29, 0.717) is 6.04 Å². The molecule has 1 atom stereocenters. The fourth-order valence-corrected chi connectivity index (χ4v) is 2.67. The van der Waals surface area contributed by atoms with Crippen LogP contribution in [0.2, 0.25) is 0 Å². The van der Waals surface area contributed by atoms with Crippen LogP contribution in [0.15, 0.2) is 22.5 Å². The molecule has 15 heavy (non-hydrogen) atoms. The van der Waals surface area contributed by atoms with Crippen LogP contribution in [-0.2, 0) is 0 Å². The Morgan fingerprint density at radius 2 is 2.13 bits per heavy atom. The topological polar surface area (TPSA) is 44.5 Å². The van der Waals surface area contributed by atoms with Gasteiger partial charge in [-0.15, -0.1) is 0 Å². The predicted octanol–water partition coefficient (Wildman–Crippen LogP) is -1.07. The second kappa shape index (κ2) is 3.46. The van der Waals surface area contributed by atoms with Crippen molar-refractivity contribution in [3.05, 3.63) is 22.5 Å². The molecule has 1 unspecified atom stereocenters. The number of allylic oxidation sites excluding steroid dienone is 1. The maximum absolute atomic E-state index is 5.80. The fraction of sp³-hybridized carbons (Fsp3) is 0.600. The summed E-state index contributed by atoms with van der Waals surface area (Å²) >= 11 is 1.65. The van der Waals surface area contributed by atoms with E-state index in [0.717, 1.165) is 19.1 Å². The van der Waals surface area contributed by atoms with E-state index in [2.05, 4.69) is 27.6 Å². The van der Waals surface area contributed by atoms with Crippen molar-refractivity contribution in [2.45, 2.75) is 24.9 Å². The van der Waals surface area contributed by atoms with Crippen molar-refractivity contribution in [3.8, 4) is 0 Å². The molecule has 1 saturated heterocycles. The van der Waals surface area contributed by atoms with Gasteiger partial charge in [0, 0.05) is 0 Å². The molecule has 0 aromatic carbocycles. The molecule has 3 N–H and O–H groups in total. The van der Waals surface area contributed by atoms with Gasteiger partial charge in [-0.2, -0.15) is 0 Å². The molecule has 0 spiro atoms. The molecule has 0 amide bonds. The van der Waals surface area contributed by atoms with E-state index < -0.39 is 0 Å². The Labute approximate surface area is 98.6 Å². The number of rotatable bonds is 2. The van der Waals surface area contributed by atoms with Crippen molar-refractivity contribution in [2.24, 2.45) is 5.73 Å². The van der Waals surface area contributed by atoms with Crippen molar-refractivity contribution >= 4 is 16.9 Å². The Morgan fingerprint density at radius 1 is 1.40 bits per heavy atom. The molecule has 0 radical (unpaired) electrons. The van der Waals surface area contributed by atoms with Gasteiger partial charge in [-0.1, -0.05) is 0 Å². The average Bonchev–Trinajstić information content (AvgIpc) is 2.94. The van der Waals surface area contributed by atoms with Gasteiger partial charge in [-0.05, 0) is 0 Å². The molecule has 82 valence electrons. The van der Waals surface area contributed by atoms with Gasteiger partial charge in [-0.3, -0.25) is 0 Å². The molecule has 3 aliphatic rings. The van der Waals surface area contributed by atoms with Crippen LogP contribution in [0.25, 0.3) is 0 Å². The number of nitrogens with zero attached hydrogens (tertiary/aromatic N) is 2. The minimum absolute atomic E-state index is 0.370. The summed E-state index contributed by atoms with van der Waals surface area (Å²) < 4.78 is 1.28. The van der Waals surface area contributed by atoms with Crippen molar-refractivity contribution < 1.29 is 0 Å². The van der Waals surface area contributed by atoms with Crippen LogP contribution >= 0.6 is 0 Å². The molecular weight excluding hydrogens is 251 g/mol. The van der Waals surface area contributed by atoms with E-state index in [1.165, 1.54) is 23.0 Å². The molecule has 0 aromatic rings. The van der Waals surface area contributed by atoms with Crippen LogP contribution in [0.4, 0.5) is 0 Å². The number of nitrogens with one attached hydrogen (secondary N) is 1. The Hall–Kier alpha value is -0.602. The Bertz CT molecular complexity index is 328. The molecule has 2 heterocycles. The zero-order chi connectivity index (χ0) is 10.4. The summed E-state index contributed by atoms with van der Waals surface area (Å²) in [4.78, 5) is 2.35. The van der Waals surface area contributed by atoms with E-state index >= 15 is 0 Å². The first-order chi connectivity index (χ1) is 7.22. The molecule has 1 saturated carbocycles. The van der Waals surface area contributed by atoms with E-state index in [9.17, 15) is 0 Å². The SMILES string of the molecule is NC1CN(C2=CN(C3CC3)NC([AsH2])=C2)C1. The van der Waals surface area contributed by atoms with Gasteiger partial charge < -0.3 is 0 Å². The van der Waals surface area contributed by atoms with Gasteiger partial charge in [0.05, 0.1) is 0 Å². The van der Waals surface area contributed by atoms with Gasteiger partial charge in [0.25, 0.3) is 0 Å². The number of nitrogens with two attached hydrogens (primary N) is 1. The summed E-state index contributed by atoms with van der Waals surface area (Å²) in [5.74, 6) is 0. The van der Waals surface area contributed by atoms with Crippen molar-refractivity contribution in [3.63, 3.8) is 0 Å². The third-order valence-electron chi connectivity index (χ3n) is 3.05. The van der Waals surface area contributed by atoms with Gasteiger partial charge in [-0.25, -0.2) is 0 Å². The fourth-order valence-electron chi connectivity index (χ4n) is 2.00. The van der Waals surface area contributed by atoms with E-state index in [1.54, 1.807) is 16.9 Å². The zero-order valence-electron chi connectivity index (χ0n) is 8.69. The van der Waals surface area contributed by atoms with Crippen LogP contribution in [-0.4, -0.2) is 51.9 Å². The van der Waals surface area contributed by atoms with Crippen LogP contribution in [0.3, 0.4) is 0 Å². The second-order valence-corrected chi connectivity index (χ2v) is 5.87. The normalized spacial score (nSPS) is 26.8. The van der Waals surface area contributed by atoms with Gasteiger partial charge in [0.1, 0.15) is 0 Å². The molecule has 4 nitrogen and oxygen atoms in total. The van der Waals surface area contributed by atoms with E-state index in [-0.39, 0.29) is 0 Å². The summed E-state index contributed by atoms with van der Waals surface area (Å²) in [7, 11) is 0. The molecule has 2 aliphatic heterocycles.